The lowest BCUT2D eigenvalue weighted by Gasteiger charge is -2.10. The van der Waals surface area contributed by atoms with Crippen LogP contribution in [0.1, 0.15) is 4.88 Å². The zero-order valence-corrected chi connectivity index (χ0v) is 13.3. The van der Waals surface area contributed by atoms with E-state index in [-0.39, 0.29) is 5.91 Å². The molecule has 0 radical (unpaired) electrons. The molecule has 100 valence electrons. The Balaban J connectivity index is 2.01. The van der Waals surface area contributed by atoms with Crippen molar-refractivity contribution in [2.45, 2.75) is 11.4 Å². The highest BCUT2D eigenvalue weighted by molar-refractivity contribution is 9.11. The highest BCUT2D eigenvalue weighted by atomic mass is 79.9. The number of thioether (sulfide) groups is 1. The molecule has 2 rings (SSSR count). The first-order chi connectivity index (χ1) is 9.15. The van der Waals surface area contributed by atoms with Crippen LogP contribution in [0.15, 0.2) is 45.1 Å². The first-order valence-electron chi connectivity index (χ1n) is 5.63. The number of primary amides is 1. The van der Waals surface area contributed by atoms with E-state index in [4.69, 9.17) is 5.73 Å². The molecule has 0 saturated heterocycles. The van der Waals surface area contributed by atoms with E-state index in [1.165, 1.54) is 16.6 Å². The number of amides is 1. The van der Waals surface area contributed by atoms with E-state index in [9.17, 15) is 4.79 Å². The summed E-state index contributed by atoms with van der Waals surface area (Å²) in [7, 11) is 0. The Kier molecular flexibility index (Phi) is 5.30. The molecule has 0 saturated carbocycles. The molecule has 1 heterocycles. The molecule has 0 fully saturated rings. The summed E-state index contributed by atoms with van der Waals surface area (Å²) in [6.07, 6.45) is 0. The van der Waals surface area contributed by atoms with Crippen LogP contribution in [0.4, 0.5) is 5.69 Å². The number of benzene rings is 1. The van der Waals surface area contributed by atoms with Gasteiger partial charge in [0.2, 0.25) is 5.91 Å². The van der Waals surface area contributed by atoms with Crippen molar-refractivity contribution in [1.29, 1.82) is 0 Å². The first kappa shape index (κ1) is 14.4. The number of rotatable bonds is 6. The van der Waals surface area contributed by atoms with Gasteiger partial charge in [-0.05, 0) is 40.2 Å². The standard InChI is InChI=1S/C13H13BrN2OS2/c14-12-6-5-9(19-12)7-16-10-3-1-2-4-11(10)18-8-13(15)17/h1-6,16H,7-8H2,(H2,15,17). The SMILES string of the molecule is NC(=O)CSc1ccccc1NCc1ccc(Br)s1. The zero-order valence-electron chi connectivity index (χ0n) is 10.1. The van der Waals surface area contributed by atoms with Gasteiger partial charge in [-0.2, -0.15) is 0 Å². The van der Waals surface area contributed by atoms with Crippen LogP contribution < -0.4 is 11.1 Å². The van der Waals surface area contributed by atoms with Crippen LogP contribution in [0.3, 0.4) is 0 Å². The van der Waals surface area contributed by atoms with Gasteiger partial charge in [0.1, 0.15) is 0 Å². The van der Waals surface area contributed by atoms with E-state index in [0.717, 1.165) is 20.9 Å². The summed E-state index contributed by atoms with van der Waals surface area (Å²) in [5, 5.41) is 3.38. The van der Waals surface area contributed by atoms with E-state index in [2.05, 4.69) is 27.3 Å². The fraction of sp³-hybridized carbons (Fsp3) is 0.154. The van der Waals surface area contributed by atoms with Gasteiger partial charge >= 0.3 is 0 Å². The number of hydrogen-bond donors (Lipinski definition) is 2. The van der Waals surface area contributed by atoms with Gasteiger partial charge in [0, 0.05) is 22.0 Å². The highest BCUT2D eigenvalue weighted by Gasteiger charge is 2.05. The minimum atomic E-state index is -0.304. The number of thiophene rings is 1. The highest BCUT2D eigenvalue weighted by Crippen LogP contribution is 2.28. The smallest absolute Gasteiger partial charge is 0.227 e. The average molecular weight is 357 g/mol. The van der Waals surface area contributed by atoms with Crippen LogP contribution in [0.5, 0.6) is 0 Å². The van der Waals surface area contributed by atoms with E-state index in [1.54, 1.807) is 11.3 Å². The number of nitrogens with two attached hydrogens (primary N) is 1. The summed E-state index contributed by atoms with van der Waals surface area (Å²) >= 11 is 6.61. The quantitative estimate of drug-likeness (QED) is 0.775. The van der Waals surface area contributed by atoms with Crippen LogP contribution in [0, 0.1) is 0 Å². The van der Waals surface area contributed by atoms with Gasteiger partial charge in [-0.15, -0.1) is 23.1 Å². The van der Waals surface area contributed by atoms with E-state index >= 15 is 0 Å². The molecule has 0 bridgehead atoms. The predicted octanol–water partition coefficient (Wildman–Crippen LogP) is 3.70. The molecule has 1 aromatic carbocycles. The first-order valence-corrected chi connectivity index (χ1v) is 8.23. The molecule has 0 aliphatic carbocycles. The maximum absolute atomic E-state index is 10.8. The summed E-state index contributed by atoms with van der Waals surface area (Å²) in [6.45, 7) is 0.768. The Morgan fingerprint density at radius 3 is 2.79 bits per heavy atom. The molecule has 0 spiro atoms. The summed E-state index contributed by atoms with van der Waals surface area (Å²) in [6, 6.07) is 12.0. The number of para-hydroxylation sites is 1. The Morgan fingerprint density at radius 1 is 1.32 bits per heavy atom. The summed E-state index contributed by atoms with van der Waals surface area (Å²) < 4.78 is 1.13. The van der Waals surface area contributed by atoms with Crippen molar-refractivity contribution in [3.63, 3.8) is 0 Å². The van der Waals surface area contributed by atoms with Crippen molar-refractivity contribution in [3.8, 4) is 0 Å². The molecular formula is C13H13BrN2OS2. The predicted molar refractivity (Wildman–Crippen MR) is 85.7 cm³/mol. The van der Waals surface area contributed by atoms with Crippen molar-refractivity contribution >= 4 is 50.6 Å². The third-order valence-corrected chi connectivity index (χ3v) is 5.06. The Bertz CT molecular complexity index is 571. The van der Waals surface area contributed by atoms with Gasteiger partial charge in [-0.3, -0.25) is 4.79 Å². The maximum atomic E-state index is 10.8. The molecule has 0 aliphatic heterocycles. The largest absolute Gasteiger partial charge is 0.379 e. The normalized spacial score (nSPS) is 10.4. The number of nitrogens with one attached hydrogen (secondary N) is 1. The molecule has 0 aliphatic rings. The van der Waals surface area contributed by atoms with Crippen LogP contribution in [-0.4, -0.2) is 11.7 Å². The van der Waals surface area contributed by atoms with Crippen LogP contribution >= 0.6 is 39.0 Å². The number of halogens is 1. The Hall–Kier alpha value is -0.980. The van der Waals surface area contributed by atoms with Crippen LogP contribution in [0.25, 0.3) is 0 Å². The van der Waals surface area contributed by atoms with Crippen LogP contribution in [-0.2, 0) is 11.3 Å². The monoisotopic (exact) mass is 356 g/mol. The molecule has 1 aromatic heterocycles. The second-order valence-electron chi connectivity index (χ2n) is 3.81. The lowest BCUT2D eigenvalue weighted by Crippen LogP contribution is -2.13. The topological polar surface area (TPSA) is 55.1 Å². The zero-order chi connectivity index (χ0) is 13.7. The average Bonchev–Trinajstić information content (AvgIpc) is 2.80. The summed E-state index contributed by atoms with van der Waals surface area (Å²) in [4.78, 5) is 13.1. The number of carbonyl (C=O) groups excluding carboxylic acids is 1. The third-order valence-electron chi connectivity index (χ3n) is 2.34. The fourth-order valence-electron chi connectivity index (χ4n) is 1.52. The molecule has 3 N–H and O–H groups in total. The van der Waals surface area contributed by atoms with Crippen molar-refractivity contribution in [2.75, 3.05) is 11.1 Å². The van der Waals surface area contributed by atoms with Crippen molar-refractivity contribution in [1.82, 2.24) is 0 Å². The lowest BCUT2D eigenvalue weighted by atomic mass is 10.3. The van der Waals surface area contributed by atoms with Crippen molar-refractivity contribution in [2.24, 2.45) is 5.73 Å². The van der Waals surface area contributed by atoms with Crippen LogP contribution in [0.2, 0.25) is 0 Å². The molecule has 1 amide bonds. The second-order valence-corrected chi connectivity index (χ2v) is 7.38. The molecule has 3 nitrogen and oxygen atoms in total. The molecule has 0 atom stereocenters. The molecule has 6 heteroatoms. The van der Waals surface area contributed by atoms with Gasteiger partial charge in [-0.25, -0.2) is 0 Å². The van der Waals surface area contributed by atoms with E-state index in [1.807, 2.05) is 30.3 Å². The Morgan fingerprint density at radius 2 is 2.11 bits per heavy atom. The lowest BCUT2D eigenvalue weighted by molar-refractivity contribution is -0.115. The van der Waals surface area contributed by atoms with Gasteiger partial charge in [0.15, 0.2) is 0 Å². The Labute approximate surface area is 128 Å². The maximum Gasteiger partial charge on any atom is 0.227 e. The molecule has 19 heavy (non-hydrogen) atoms. The number of anilines is 1. The van der Waals surface area contributed by atoms with E-state index in [0.29, 0.717) is 5.75 Å². The molecule has 0 unspecified atom stereocenters. The number of carbonyl (C=O) groups is 1. The fourth-order valence-corrected chi connectivity index (χ4v) is 3.71. The summed E-state index contributed by atoms with van der Waals surface area (Å²) in [5.74, 6) is -0.00883. The van der Waals surface area contributed by atoms with E-state index < -0.39 is 0 Å². The minimum Gasteiger partial charge on any atom is -0.379 e. The van der Waals surface area contributed by atoms with Crippen molar-refractivity contribution < 1.29 is 4.79 Å². The van der Waals surface area contributed by atoms with Gasteiger partial charge in [-0.1, -0.05) is 12.1 Å². The molecule has 2 aromatic rings. The van der Waals surface area contributed by atoms with Crippen molar-refractivity contribution in [3.05, 3.63) is 45.1 Å². The van der Waals surface area contributed by atoms with Gasteiger partial charge in [0.05, 0.1) is 9.54 Å². The summed E-state index contributed by atoms with van der Waals surface area (Å²) in [5.41, 5.74) is 6.20. The third kappa shape index (κ3) is 4.56. The second kappa shape index (κ2) is 6.98. The minimum absolute atomic E-state index is 0.295. The van der Waals surface area contributed by atoms with Gasteiger partial charge in [0.25, 0.3) is 0 Å². The van der Waals surface area contributed by atoms with Gasteiger partial charge < -0.3 is 11.1 Å². The molecular weight excluding hydrogens is 344 g/mol. The number of hydrogen-bond acceptors (Lipinski definition) is 4.